The molecule has 0 aliphatic carbocycles. The molecule has 5 heteroatoms. The van der Waals surface area contributed by atoms with Crippen LogP contribution in [-0.4, -0.2) is 42.7 Å². The van der Waals surface area contributed by atoms with Crippen molar-refractivity contribution in [1.29, 1.82) is 0 Å². The topological polar surface area (TPSA) is 57.4 Å². The fourth-order valence-electron chi connectivity index (χ4n) is 2.70. The van der Waals surface area contributed by atoms with E-state index in [9.17, 15) is 4.79 Å². The number of rotatable bonds is 3. The van der Waals surface area contributed by atoms with Gasteiger partial charge in [-0.05, 0) is 62.5 Å². The molecule has 1 saturated heterocycles. The molecule has 0 atom stereocenters. The van der Waals surface area contributed by atoms with Crippen LogP contribution in [-0.2, 0) is 4.74 Å². The molecule has 1 aromatic heterocycles. The molecule has 1 aliphatic rings. The Balaban J connectivity index is 1.49. The molecular weight excluding hydrogens is 266 g/mol. The lowest BCUT2D eigenvalue weighted by molar-refractivity contribution is 0.113. The van der Waals surface area contributed by atoms with Gasteiger partial charge in [0.2, 0.25) is 0 Å². The number of nitrogens with one attached hydrogen (secondary N) is 2. The number of likely N-dealkylation sites (tertiary alicyclic amines) is 1. The van der Waals surface area contributed by atoms with E-state index in [2.05, 4.69) is 22.2 Å². The number of fused-ring (bicyclic) bond motifs is 1. The number of benzene rings is 1. The van der Waals surface area contributed by atoms with Crippen molar-refractivity contribution < 1.29 is 9.53 Å². The van der Waals surface area contributed by atoms with Crippen molar-refractivity contribution in [3.63, 3.8) is 0 Å². The third-order valence-electron chi connectivity index (χ3n) is 4.09. The van der Waals surface area contributed by atoms with E-state index in [4.69, 9.17) is 4.74 Å². The maximum Gasteiger partial charge on any atom is 0.411 e. The zero-order valence-electron chi connectivity index (χ0n) is 12.3. The van der Waals surface area contributed by atoms with Gasteiger partial charge in [-0.25, -0.2) is 4.79 Å². The van der Waals surface area contributed by atoms with Crippen molar-refractivity contribution in [3.8, 4) is 0 Å². The lowest BCUT2D eigenvalue weighted by Crippen LogP contribution is -2.32. The van der Waals surface area contributed by atoms with Gasteiger partial charge in [0.1, 0.15) is 0 Å². The van der Waals surface area contributed by atoms with Crippen molar-refractivity contribution in [1.82, 2.24) is 9.88 Å². The Morgan fingerprint density at radius 2 is 2.19 bits per heavy atom. The van der Waals surface area contributed by atoms with Crippen LogP contribution in [0.25, 0.3) is 10.9 Å². The Bertz CT molecular complexity index is 615. The highest BCUT2D eigenvalue weighted by molar-refractivity contribution is 5.89. The number of H-pyrrole nitrogens is 1. The number of carbonyl (C=O) groups excluding carboxylic acids is 1. The molecule has 1 amide bonds. The number of piperidine rings is 1. The monoisotopic (exact) mass is 287 g/mol. The first-order chi connectivity index (χ1) is 10.2. The SMILES string of the molecule is CN1CCC(COC(=O)Nc2ccc3cc[nH]c3c2)CC1. The maximum absolute atomic E-state index is 11.8. The molecule has 1 aromatic carbocycles. The van der Waals surface area contributed by atoms with Crippen LogP contribution in [0.15, 0.2) is 30.5 Å². The molecule has 2 aromatic rings. The fraction of sp³-hybridized carbons (Fsp3) is 0.438. The zero-order chi connectivity index (χ0) is 14.7. The van der Waals surface area contributed by atoms with Crippen LogP contribution in [0.1, 0.15) is 12.8 Å². The summed E-state index contributed by atoms with van der Waals surface area (Å²) in [5, 5.41) is 3.91. The Labute approximate surface area is 124 Å². The molecule has 0 radical (unpaired) electrons. The summed E-state index contributed by atoms with van der Waals surface area (Å²) in [6.07, 6.45) is 3.70. The Hall–Kier alpha value is -2.01. The molecule has 21 heavy (non-hydrogen) atoms. The van der Waals surface area contributed by atoms with Crippen LogP contribution < -0.4 is 5.32 Å². The summed E-state index contributed by atoms with van der Waals surface area (Å²) in [6.45, 7) is 2.67. The van der Waals surface area contributed by atoms with Gasteiger partial charge in [-0.3, -0.25) is 5.32 Å². The minimum Gasteiger partial charge on any atom is -0.449 e. The van der Waals surface area contributed by atoms with Crippen molar-refractivity contribution in [3.05, 3.63) is 30.5 Å². The number of aromatic amines is 1. The van der Waals surface area contributed by atoms with Gasteiger partial charge in [-0.15, -0.1) is 0 Å². The highest BCUT2D eigenvalue weighted by atomic mass is 16.5. The van der Waals surface area contributed by atoms with Gasteiger partial charge >= 0.3 is 6.09 Å². The van der Waals surface area contributed by atoms with E-state index in [1.165, 1.54) is 0 Å². The zero-order valence-corrected chi connectivity index (χ0v) is 12.3. The Morgan fingerprint density at radius 3 is 3.00 bits per heavy atom. The van der Waals surface area contributed by atoms with Crippen molar-refractivity contribution in [2.75, 3.05) is 32.1 Å². The van der Waals surface area contributed by atoms with Crippen LogP contribution in [0.3, 0.4) is 0 Å². The standard InChI is InChI=1S/C16H21N3O2/c1-19-8-5-12(6-9-19)11-21-16(20)18-14-3-2-13-4-7-17-15(13)10-14/h2-4,7,10,12,17H,5-6,8-9,11H2,1H3,(H,18,20). The van der Waals surface area contributed by atoms with Gasteiger partial charge in [0.15, 0.2) is 0 Å². The van der Waals surface area contributed by atoms with Gasteiger partial charge < -0.3 is 14.6 Å². The van der Waals surface area contributed by atoms with Crippen molar-refractivity contribution >= 4 is 22.7 Å². The summed E-state index contributed by atoms with van der Waals surface area (Å²) in [6, 6.07) is 7.76. The van der Waals surface area contributed by atoms with Gasteiger partial charge in [0, 0.05) is 17.4 Å². The lowest BCUT2D eigenvalue weighted by atomic mass is 9.98. The van der Waals surface area contributed by atoms with Crippen LogP contribution in [0.5, 0.6) is 0 Å². The van der Waals surface area contributed by atoms with E-state index in [0.717, 1.165) is 42.5 Å². The van der Waals surface area contributed by atoms with Crippen LogP contribution in [0, 0.1) is 5.92 Å². The molecule has 2 N–H and O–H groups in total. The van der Waals surface area contributed by atoms with E-state index in [-0.39, 0.29) is 6.09 Å². The molecule has 1 fully saturated rings. The molecule has 0 spiro atoms. The number of hydrogen-bond donors (Lipinski definition) is 2. The molecular formula is C16H21N3O2. The van der Waals surface area contributed by atoms with Crippen LogP contribution >= 0.6 is 0 Å². The van der Waals surface area contributed by atoms with Gasteiger partial charge in [-0.1, -0.05) is 6.07 Å². The number of ether oxygens (including phenoxy) is 1. The smallest absolute Gasteiger partial charge is 0.411 e. The fourth-order valence-corrected chi connectivity index (χ4v) is 2.70. The summed E-state index contributed by atoms with van der Waals surface area (Å²) in [4.78, 5) is 17.3. The maximum atomic E-state index is 11.8. The molecule has 1 aliphatic heterocycles. The van der Waals surface area contributed by atoms with Gasteiger partial charge in [-0.2, -0.15) is 0 Å². The average molecular weight is 287 g/mol. The van der Waals surface area contributed by atoms with E-state index >= 15 is 0 Å². The van der Waals surface area contributed by atoms with E-state index in [0.29, 0.717) is 12.5 Å². The first-order valence-corrected chi connectivity index (χ1v) is 7.40. The highest BCUT2D eigenvalue weighted by Crippen LogP contribution is 2.19. The normalized spacial score (nSPS) is 17.0. The summed E-state index contributed by atoms with van der Waals surface area (Å²) in [5.74, 6) is 0.484. The van der Waals surface area contributed by atoms with Crippen LogP contribution in [0.2, 0.25) is 0 Å². The Kier molecular flexibility index (Phi) is 4.10. The van der Waals surface area contributed by atoms with E-state index in [1.54, 1.807) is 0 Å². The largest absolute Gasteiger partial charge is 0.449 e. The summed E-state index contributed by atoms with van der Waals surface area (Å²) < 4.78 is 5.34. The number of anilines is 1. The number of amides is 1. The third-order valence-corrected chi connectivity index (χ3v) is 4.09. The third kappa shape index (κ3) is 3.55. The van der Waals surface area contributed by atoms with E-state index < -0.39 is 0 Å². The first-order valence-electron chi connectivity index (χ1n) is 7.40. The summed E-state index contributed by atoms with van der Waals surface area (Å²) >= 11 is 0. The molecule has 5 nitrogen and oxygen atoms in total. The molecule has 0 saturated carbocycles. The molecule has 112 valence electrons. The molecule has 3 rings (SSSR count). The van der Waals surface area contributed by atoms with Gasteiger partial charge in [0.05, 0.1) is 6.61 Å². The quantitative estimate of drug-likeness (QED) is 0.912. The summed E-state index contributed by atoms with van der Waals surface area (Å²) in [5.41, 5.74) is 1.75. The number of hydrogen-bond acceptors (Lipinski definition) is 3. The first kappa shape index (κ1) is 13.9. The predicted molar refractivity (Wildman–Crippen MR) is 83.5 cm³/mol. The van der Waals surface area contributed by atoms with Crippen molar-refractivity contribution in [2.24, 2.45) is 5.92 Å². The molecule has 2 heterocycles. The number of carbonyl (C=O) groups is 1. The second-order valence-corrected chi connectivity index (χ2v) is 5.75. The number of nitrogens with zero attached hydrogens (tertiary/aromatic N) is 1. The highest BCUT2D eigenvalue weighted by Gasteiger charge is 2.18. The minimum absolute atomic E-state index is 0.375. The predicted octanol–water partition coefficient (Wildman–Crippen LogP) is 3.06. The molecule has 0 unspecified atom stereocenters. The van der Waals surface area contributed by atoms with E-state index in [1.807, 2.05) is 30.5 Å². The average Bonchev–Trinajstić information content (AvgIpc) is 2.94. The minimum atomic E-state index is -0.375. The second kappa shape index (κ2) is 6.18. The Morgan fingerprint density at radius 1 is 1.38 bits per heavy atom. The van der Waals surface area contributed by atoms with Crippen LogP contribution in [0.4, 0.5) is 10.5 Å². The number of aromatic nitrogens is 1. The lowest BCUT2D eigenvalue weighted by Gasteiger charge is -2.28. The van der Waals surface area contributed by atoms with Crippen molar-refractivity contribution in [2.45, 2.75) is 12.8 Å². The summed E-state index contributed by atoms with van der Waals surface area (Å²) in [7, 11) is 2.13. The second-order valence-electron chi connectivity index (χ2n) is 5.75. The molecule has 0 bridgehead atoms. The van der Waals surface area contributed by atoms with Gasteiger partial charge in [0.25, 0.3) is 0 Å².